The molecule has 0 aliphatic carbocycles. The molecule has 0 spiro atoms. The minimum Gasteiger partial charge on any atom is -0.325 e. The third-order valence-electron chi connectivity index (χ3n) is 7.04. The third kappa shape index (κ3) is 20.3. The van der Waals surface area contributed by atoms with E-state index in [1.807, 2.05) is 0 Å². The van der Waals surface area contributed by atoms with Crippen molar-refractivity contribution in [2.45, 2.75) is 162 Å². The van der Waals surface area contributed by atoms with Gasteiger partial charge in [0.25, 0.3) is 0 Å². The number of allylic oxidation sites excluding steroid dienone is 1. The maximum Gasteiger partial charge on any atom is 0.0128 e. The Hall–Kier alpha value is -0.0100. The quantitative estimate of drug-likeness (QED) is 0.120. The first-order valence-corrected chi connectivity index (χ1v) is 13.9. The van der Waals surface area contributed by atoms with Gasteiger partial charge >= 0.3 is 0 Å². The van der Waals surface area contributed by atoms with Crippen LogP contribution >= 0.6 is 12.4 Å². The Morgan fingerprint density at radius 1 is 0.645 bits per heavy atom. The predicted octanol–water partition coefficient (Wildman–Crippen LogP) is 10.4. The van der Waals surface area contributed by atoms with E-state index in [4.69, 9.17) is 5.73 Å². The van der Waals surface area contributed by atoms with E-state index in [0.717, 1.165) is 12.3 Å². The first-order valence-electron chi connectivity index (χ1n) is 13.9. The summed E-state index contributed by atoms with van der Waals surface area (Å²) in [6, 6.07) is 0. The van der Waals surface area contributed by atoms with E-state index < -0.39 is 0 Å². The van der Waals surface area contributed by atoms with Gasteiger partial charge in [-0.25, -0.2) is 0 Å². The number of halogens is 1. The number of hydrogen-bond donors (Lipinski definition) is 1. The summed E-state index contributed by atoms with van der Waals surface area (Å²) in [7, 11) is 0. The van der Waals surface area contributed by atoms with Crippen LogP contribution in [0.1, 0.15) is 156 Å². The van der Waals surface area contributed by atoms with Crippen LogP contribution in [0.25, 0.3) is 0 Å². The highest BCUT2D eigenvalue weighted by Gasteiger charge is 2.31. The van der Waals surface area contributed by atoms with Crippen LogP contribution in [0.15, 0.2) is 12.7 Å². The molecule has 31 heavy (non-hydrogen) atoms. The molecule has 0 aromatic carbocycles. The van der Waals surface area contributed by atoms with Gasteiger partial charge in [-0.2, -0.15) is 0 Å². The molecule has 0 fully saturated rings. The lowest BCUT2D eigenvalue weighted by Gasteiger charge is -2.37. The molecule has 188 valence electrons. The Kier molecular flexibility index (Phi) is 24.8. The van der Waals surface area contributed by atoms with Gasteiger partial charge in [-0.15, -0.1) is 19.0 Å². The summed E-state index contributed by atoms with van der Waals surface area (Å²) in [5.41, 5.74) is 6.61. The van der Waals surface area contributed by atoms with Gasteiger partial charge in [0.05, 0.1) is 0 Å². The molecule has 0 aromatic rings. The Labute approximate surface area is 204 Å². The second kappa shape index (κ2) is 23.2. The van der Waals surface area contributed by atoms with Crippen LogP contribution in [0, 0.1) is 11.8 Å². The highest BCUT2D eigenvalue weighted by molar-refractivity contribution is 5.85. The Bertz CT molecular complexity index is 360. The smallest absolute Gasteiger partial charge is 0.0128 e. The zero-order valence-corrected chi connectivity index (χ0v) is 22.9. The number of rotatable bonds is 23. The van der Waals surface area contributed by atoms with Crippen molar-refractivity contribution in [1.29, 1.82) is 0 Å². The van der Waals surface area contributed by atoms with E-state index >= 15 is 0 Å². The lowest BCUT2D eigenvalue weighted by atomic mass is 9.72. The molecule has 0 radical (unpaired) electrons. The zero-order chi connectivity index (χ0) is 22.5. The molecule has 2 atom stereocenters. The highest BCUT2D eigenvalue weighted by Crippen LogP contribution is 2.34. The van der Waals surface area contributed by atoms with Gasteiger partial charge in [-0.1, -0.05) is 129 Å². The van der Waals surface area contributed by atoms with Crippen LogP contribution < -0.4 is 5.73 Å². The summed E-state index contributed by atoms with van der Waals surface area (Å²) >= 11 is 0. The van der Waals surface area contributed by atoms with Gasteiger partial charge in [-0.05, 0) is 44.9 Å². The minimum atomic E-state index is -0.0753. The molecular formula is C29H60ClN. The van der Waals surface area contributed by atoms with Crippen LogP contribution in [-0.4, -0.2) is 5.54 Å². The molecule has 2 N–H and O–H groups in total. The van der Waals surface area contributed by atoms with Crippen molar-refractivity contribution in [3.8, 4) is 0 Å². The minimum absolute atomic E-state index is 0. The topological polar surface area (TPSA) is 26.0 Å². The lowest BCUT2D eigenvalue weighted by molar-refractivity contribution is 0.184. The molecule has 0 aromatic heterocycles. The van der Waals surface area contributed by atoms with E-state index in [9.17, 15) is 0 Å². The largest absolute Gasteiger partial charge is 0.325 e. The van der Waals surface area contributed by atoms with Crippen molar-refractivity contribution in [2.75, 3.05) is 0 Å². The standard InChI is InChI=1S/C29H59N.ClH/c1-6-9-11-13-15-17-18-20-22-25-27(24-8-3)28(29(4,5)30)26-23-21-19-16-14-12-10-7-2;/h8,27-28H,3,6-7,9-26,30H2,1-2,4-5H3;1H. The molecule has 1 nitrogen and oxygen atoms in total. The van der Waals surface area contributed by atoms with E-state index in [0.29, 0.717) is 5.92 Å². The summed E-state index contributed by atoms with van der Waals surface area (Å²) in [6.45, 7) is 13.2. The van der Waals surface area contributed by atoms with Gasteiger partial charge in [0.15, 0.2) is 0 Å². The predicted molar refractivity (Wildman–Crippen MR) is 146 cm³/mol. The second-order valence-electron chi connectivity index (χ2n) is 10.6. The molecule has 2 heteroatoms. The number of nitrogens with two attached hydrogens (primary N) is 1. The molecule has 0 aliphatic rings. The Morgan fingerprint density at radius 3 is 1.35 bits per heavy atom. The molecular weight excluding hydrogens is 398 g/mol. The third-order valence-corrected chi connectivity index (χ3v) is 7.04. The van der Waals surface area contributed by atoms with Crippen LogP contribution in [0.3, 0.4) is 0 Å². The maximum atomic E-state index is 6.68. The maximum absolute atomic E-state index is 6.68. The Balaban J connectivity index is 0. The molecule has 0 amide bonds. The van der Waals surface area contributed by atoms with Crippen molar-refractivity contribution < 1.29 is 0 Å². The first kappa shape index (κ1) is 33.2. The molecule has 0 bridgehead atoms. The monoisotopic (exact) mass is 457 g/mol. The van der Waals surface area contributed by atoms with Crippen LogP contribution in [-0.2, 0) is 0 Å². The summed E-state index contributed by atoms with van der Waals surface area (Å²) in [4.78, 5) is 0. The molecule has 0 aliphatic heterocycles. The van der Waals surface area contributed by atoms with Crippen LogP contribution in [0.2, 0.25) is 0 Å². The molecule has 0 heterocycles. The van der Waals surface area contributed by atoms with Crippen molar-refractivity contribution >= 4 is 12.4 Å². The van der Waals surface area contributed by atoms with Gasteiger partial charge in [-0.3, -0.25) is 0 Å². The summed E-state index contributed by atoms with van der Waals surface area (Å²) in [5.74, 6) is 1.35. The number of hydrogen-bond acceptors (Lipinski definition) is 1. The second-order valence-corrected chi connectivity index (χ2v) is 10.6. The fraction of sp³-hybridized carbons (Fsp3) is 0.931. The van der Waals surface area contributed by atoms with Crippen molar-refractivity contribution in [3.63, 3.8) is 0 Å². The SMILES string of the molecule is C=CCC(CCCCCCCCCCC)C(CCCCCCCCCC)C(C)(C)N.Cl. The summed E-state index contributed by atoms with van der Waals surface area (Å²) in [6.07, 6.45) is 29.8. The fourth-order valence-corrected chi connectivity index (χ4v) is 5.13. The normalized spacial score (nSPS) is 13.6. The van der Waals surface area contributed by atoms with Crippen molar-refractivity contribution in [1.82, 2.24) is 0 Å². The summed E-state index contributed by atoms with van der Waals surface area (Å²) < 4.78 is 0. The van der Waals surface area contributed by atoms with Gasteiger partial charge in [0.2, 0.25) is 0 Å². The number of unbranched alkanes of at least 4 members (excludes halogenated alkanes) is 15. The molecule has 0 saturated carbocycles. The molecule has 2 unspecified atom stereocenters. The lowest BCUT2D eigenvalue weighted by Crippen LogP contribution is -2.44. The zero-order valence-electron chi connectivity index (χ0n) is 22.1. The van der Waals surface area contributed by atoms with E-state index in [-0.39, 0.29) is 17.9 Å². The molecule has 0 rings (SSSR count). The van der Waals surface area contributed by atoms with E-state index in [1.54, 1.807) is 0 Å². The van der Waals surface area contributed by atoms with Crippen molar-refractivity contribution in [2.24, 2.45) is 17.6 Å². The van der Waals surface area contributed by atoms with E-state index in [2.05, 4.69) is 40.3 Å². The van der Waals surface area contributed by atoms with Gasteiger partial charge in [0.1, 0.15) is 0 Å². The van der Waals surface area contributed by atoms with E-state index in [1.165, 1.54) is 122 Å². The van der Waals surface area contributed by atoms with Crippen molar-refractivity contribution in [3.05, 3.63) is 12.7 Å². The Morgan fingerprint density at radius 2 is 1.00 bits per heavy atom. The molecule has 0 saturated heterocycles. The van der Waals surface area contributed by atoms with Gasteiger partial charge in [0, 0.05) is 5.54 Å². The fourth-order valence-electron chi connectivity index (χ4n) is 5.13. The average Bonchev–Trinajstić information content (AvgIpc) is 2.70. The van der Waals surface area contributed by atoms with Crippen LogP contribution in [0.5, 0.6) is 0 Å². The van der Waals surface area contributed by atoms with Crippen LogP contribution in [0.4, 0.5) is 0 Å². The van der Waals surface area contributed by atoms with Gasteiger partial charge < -0.3 is 5.73 Å². The average molecular weight is 458 g/mol. The first-order chi connectivity index (χ1) is 14.5. The summed E-state index contributed by atoms with van der Waals surface area (Å²) in [5, 5.41) is 0. The highest BCUT2D eigenvalue weighted by atomic mass is 35.5.